The number of aromatic nitrogens is 2. The average Bonchev–Trinajstić information content (AvgIpc) is 2.85. The molecule has 1 saturated carbocycles. The Morgan fingerprint density at radius 1 is 1.13 bits per heavy atom. The van der Waals surface area contributed by atoms with Gasteiger partial charge in [-0.1, -0.05) is 25.7 Å². The van der Waals surface area contributed by atoms with Crippen LogP contribution in [0, 0.1) is 5.92 Å². The maximum absolute atomic E-state index is 5.66. The molecule has 0 atom stereocenters. The number of nitrogens with zero attached hydrogens (tertiary/aromatic N) is 2. The van der Waals surface area contributed by atoms with Crippen LogP contribution in [0.5, 0.6) is 0 Å². The minimum atomic E-state index is 0.650. The summed E-state index contributed by atoms with van der Waals surface area (Å²) in [5.41, 5.74) is 0. The highest BCUT2D eigenvalue weighted by Crippen LogP contribution is 2.29. The zero-order valence-corrected chi connectivity index (χ0v) is 10.5. The molecule has 1 aromatic heterocycles. The van der Waals surface area contributed by atoms with E-state index in [1.807, 2.05) is 0 Å². The van der Waals surface area contributed by atoms with Crippen molar-refractivity contribution in [3.63, 3.8) is 0 Å². The minimum absolute atomic E-state index is 0.650. The Kier molecular flexibility index (Phi) is 4.39. The first kappa shape index (κ1) is 11.3. The Balaban J connectivity index is 1.77. The lowest BCUT2D eigenvalue weighted by Crippen LogP contribution is -1.95. The molecule has 1 aliphatic rings. The molecule has 0 bridgehead atoms. The molecule has 15 heavy (non-hydrogen) atoms. The highest BCUT2D eigenvalue weighted by atomic mass is 35.5. The third-order valence-corrected chi connectivity index (χ3v) is 4.29. The zero-order chi connectivity index (χ0) is 10.5. The summed E-state index contributed by atoms with van der Waals surface area (Å²) in [6.07, 6.45) is 8.99. The molecule has 84 valence electrons. The van der Waals surface area contributed by atoms with E-state index >= 15 is 0 Å². The van der Waals surface area contributed by atoms with Gasteiger partial charge in [-0.15, -0.1) is 33.1 Å². The molecular weight excluding hydrogens is 228 g/mol. The molecular formula is C11H17ClN2S. The molecule has 0 aliphatic heterocycles. The van der Waals surface area contributed by atoms with Gasteiger partial charge in [-0.05, 0) is 12.3 Å². The van der Waals surface area contributed by atoms with E-state index in [0.29, 0.717) is 5.88 Å². The second-order valence-electron chi connectivity index (χ2n) is 4.22. The smallest absolute Gasteiger partial charge is 0.118 e. The van der Waals surface area contributed by atoms with Gasteiger partial charge in [0.2, 0.25) is 0 Å². The van der Waals surface area contributed by atoms with Crippen molar-refractivity contribution in [3.05, 3.63) is 10.0 Å². The molecule has 0 saturated heterocycles. The van der Waals surface area contributed by atoms with Crippen LogP contribution < -0.4 is 0 Å². The lowest BCUT2D eigenvalue weighted by atomic mass is 10.0. The topological polar surface area (TPSA) is 25.8 Å². The lowest BCUT2D eigenvalue weighted by molar-refractivity contribution is 0.502. The maximum atomic E-state index is 5.66. The van der Waals surface area contributed by atoms with E-state index in [1.165, 1.54) is 37.1 Å². The molecule has 2 rings (SSSR count). The van der Waals surface area contributed by atoms with Crippen LogP contribution in [0.15, 0.2) is 0 Å². The first-order valence-corrected chi connectivity index (χ1v) is 7.11. The molecule has 0 aromatic carbocycles. The highest BCUT2D eigenvalue weighted by Gasteiger charge is 2.15. The van der Waals surface area contributed by atoms with Crippen LogP contribution in [-0.4, -0.2) is 16.1 Å². The van der Waals surface area contributed by atoms with Crippen LogP contribution in [0.3, 0.4) is 0 Å². The first-order chi connectivity index (χ1) is 7.38. The molecule has 0 N–H and O–H groups in total. The van der Waals surface area contributed by atoms with Gasteiger partial charge < -0.3 is 0 Å². The fourth-order valence-electron chi connectivity index (χ4n) is 2.20. The molecule has 1 heterocycles. The second-order valence-corrected chi connectivity index (χ2v) is 5.74. The van der Waals surface area contributed by atoms with Crippen molar-refractivity contribution in [2.75, 3.05) is 5.88 Å². The number of aryl methyl sites for hydroxylation is 2. The van der Waals surface area contributed by atoms with Gasteiger partial charge in [0.25, 0.3) is 0 Å². The predicted octanol–water partition coefficient (Wildman–Crippen LogP) is 3.44. The summed E-state index contributed by atoms with van der Waals surface area (Å²) in [4.78, 5) is 0. The monoisotopic (exact) mass is 244 g/mol. The van der Waals surface area contributed by atoms with E-state index in [9.17, 15) is 0 Å². The highest BCUT2D eigenvalue weighted by molar-refractivity contribution is 7.11. The summed E-state index contributed by atoms with van der Waals surface area (Å²) >= 11 is 7.40. The normalized spacial score (nSPS) is 17.4. The van der Waals surface area contributed by atoms with Gasteiger partial charge in [-0.25, -0.2) is 0 Å². The maximum Gasteiger partial charge on any atom is 0.118 e. The SMILES string of the molecule is ClCCc1nnc(CCC2CCCC2)s1. The Morgan fingerprint density at radius 3 is 2.47 bits per heavy atom. The summed E-state index contributed by atoms with van der Waals surface area (Å²) in [6, 6.07) is 0. The summed E-state index contributed by atoms with van der Waals surface area (Å²) in [7, 11) is 0. The van der Waals surface area contributed by atoms with E-state index < -0.39 is 0 Å². The minimum Gasteiger partial charge on any atom is -0.144 e. The van der Waals surface area contributed by atoms with Gasteiger partial charge in [-0.2, -0.15) is 0 Å². The molecule has 0 spiro atoms. The summed E-state index contributed by atoms with van der Waals surface area (Å²) in [5.74, 6) is 1.60. The van der Waals surface area contributed by atoms with Crippen LogP contribution in [0.2, 0.25) is 0 Å². The number of rotatable bonds is 5. The van der Waals surface area contributed by atoms with Crippen molar-refractivity contribution in [2.45, 2.75) is 44.9 Å². The van der Waals surface area contributed by atoms with Gasteiger partial charge in [-0.3, -0.25) is 0 Å². The van der Waals surface area contributed by atoms with Crippen LogP contribution >= 0.6 is 22.9 Å². The van der Waals surface area contributed by atoms with Crippen LogP contribution in [0.4, 0.5) is 0 Å². The second kappa shape index (κ2) is 5.80. The van der Waals surface area contributed by atoms with Crippen molar-refractivity contribution in [2.24, 2.45) is 5.92 Å². The summed E-state index contributed by atoms with van der Waals surface area (Å²) in [5, 5.41) is 10.6. The van der Waals surface area contributed by atoms with Gasteiger partial charge >= 0.3 is 0 Å². The Hall–Kier alpha value is -0.150. The molecule has 4 heteroatoms. The standard InChI is InChI=1S/C11H17ClN2S/c12-8-7-11-14-13-10(15-11)6-5-9-3-1-2-4-9/h9H,1-8H2. The van der Waals surface area contributed by atoms with Crippen molar-refractivity contribution in [1.29, 1.82) is 0 Å². The van der Waals surface area contributed by atoms with Gasteiger partial charge in [0.1, 0.15) is 10.0 Å². The zero-order valence-electron chi connectivity index (χ0n) is 8.91. The molecule has 2 nitrogen and oxygen atoms in total. The van der Waals surface area contributed by atoms with E-state index in [-0.39, 0.29) is 0 Å². The van der Waals surface area contributed by atoms with Crippen molar-refractivity contribution >= 4 is 22.9 Å². The summed E-state index contributed by atoms with van der Waals surface area (Å²) in [6.45, 7) is 0. The summed E-state index contributed by atoms with van der Waals surface area (Å²) < 4.78 is 0. The fraction of sp³-hybridized carbons (Fsp3) is 0.818. The first-order valence-electron chi connectivity index (χ1n) is 5.75. The quantitative estimate of drug-likeness (QED) is 0.742. The Labute approximate surface area is 100 Å². The number of hydrogen-bond donors (Lipinski definition) is 0. The number of hydrogen-bond acceptors (Lipinski definition) is 3. The third-order valence-electron chi connectivity index (χ3n) is 3.06. The molecule has 1 fully saturated rings. The van der Waals surface area contributed by atoms with E-state index in [1.54, 1.807) is 11.3 Å². The van der Waals surface area contributed by atoms with Gasteiger partial charge in [0.15, 0.2) is 0 Å². The van der Waals surface area contributed by atoms with E-state index in [2.05, 4.69) is 10.2 Å². The largest absolute Gasteiger partial charge is 0.144 e. The molecule has 0 unspecified atom stereocenters. The van der Waals surface area contributed by atoms with E-state index in [4.69, 9.17) is 11.6 Å². The lowest BCUT2D eigenvalue weighted by Gasteiger charge is -2.05. The van der Waals surface area contributed by atoms with Crippen LogP contribution in [0.1, 0.15) is 42.1 Å². The Bertz CT molecular complexity index is 295. The number of halogens is 1. The fourth-order valence-corrected chi connectivity index (χ4v) is 3.35. The van der Waals surface area contributed by atoms with Gasteiger partial charge in [0.05, 0.1) is 0 Å². The third kappa shape index (κ3) is 3.42. The molecule has 0 radical (unpaired) electrons. The predicted molar refractivity (Wildman–Crippen MR) is 64.6 cm³/mol. The van der Waals surface area contributed by atoms with Crippen molar-refractivity contribution in [3.8, 4) is 0 Å². The van der Waals surface area contributed by atoms with Gasteiger partial charge in [0, 0.05) is 18.7 Å². The van der Waals surface area contributed by atoms with E-state index in [0.717, 1.165) is 23.8 Å². The molecule has 0 amide bonds. The molecule has 1 aromatic rings. The Morgan fingerprint density at radius 2 is 1.80 bits per heavy atom. The average molecular weight is 245 g/mol. The van der Waals surface area contributed by atoms with Crippen molar-refractivity contribution in [1.82, 2.24) is 10.2 Å². The van der Waals surface area contributed by atoms with Crippen molar-refractivity contribution < 1.29 is 0 Å². The number of alkyl halides is 1. The molecule has 1 aliphatic carbocycles. The van der Waals surface area contributed by atoms with Crippen LogP contribution in [-0.2, 0) is 12.8 Å². The van der Waals surface area contributed by atoms with Crippen LogP contribution in [0.25, 0.3) is 0 Å².